The van der Waals surface area contributed by atoms with Crippen LogP contribution < -0.4 is 0 Å². The summed E-state index contributed by atoms with van der Waals surface area (Å²) in [4.78, 5) is 4.09. The minimum atomic E-state index is -2.18. The summed E-state index contributed by atoms with van der Waals surface area (Å²) in [5.74, 6) is -9.80. The van der Waals surface area contributed by atoms with Crippen LogP contribution in [-0.4, -0.2) is 6.21 Å². The monoisotopic (exact) mass is 355 g/mol. The molecule has 25 heavy (non-hydrogen) atoms. The van der Waals surface area contributed by atoms with Crippen LogP contribution in [0.1, 0.15) is 56.2 Å². The zero-order valence-electron chi connectivity index (χ0n) is 14.3. The number of benzene rings is 2. The second-order valence-corrected chi connectivity index (χ2v) is 6.34. The van der Waals surface area contributed by atoms with Gasteiger partial charge in [-0.1, -0.05) is 45.9 Å². The Morgan fingerprint density at radius 2 is 1.12 bits per heavy atom. The Morgan fingerprint density at radius 1 is 0.720 bits per heavy atom. The highest BCUT2D eigenvalue weighted by Crippen LogP contribution is 2.35. The molecule has 0 heterocycles. The minimum Gasteiger partial charge on any atom is -0.255 e. The molecule has 0 N–H and O–H groups in total. The van der Waals surface area contributed by atoms with Gasteiger partial charge in [0.15, 0.2) is 23.3 Å². The van der Waals surface area contributed by atoms with Crippen molar-refractivity contribution >= 4 is 11.9 Å². The van der Waals surface area contributed by atoms with Crippen LogP contribution in [0.3, 0.4) is 0 Å². The third-order valence-electron chi connectivity index (χ3n) is 3.91. The molecule has 6 heteroatoms. The lowest BCUT2D eigenvalue weighted by molar-refractivity contribution is 0.377. The van der Waals surface area contributed by atoms with Gasteiger partial charge in [-0.05, 0) is 23.0 Å². The number of hydrogen-bond acceptors (Lipinski definition) is 1. The molecular weight excluding hydrogens is 337 g/mol. The quantitative estimate of drug-likeness (QED) is 0.261. The number of nitrogens with zero attached hydrogens (tertiary/aromatic N) is 1. The fourth-order valence-corrected chi connectivity index (χ4v) is 2.53. The molecule has 0 radical (unpaired) electrons. The lowest BCUT2D eigenvalue weighted by Gasteiger charge is -2.16. The van der Waals surface area contributed by atoms with E-state index in [0.29, 0.717) is 11.9 Å². The molecule has 0 bridgehead atoms. The van der Waals surface area contributed by atoms with Crippen molar-refractivity contribution in [2.75, 3.05) is 0 Å². The lowest BCUT2D eigenvalue weighted by atomic mass is 9.93. The summed E-state index contributed by atoms with van der Waals surface area (Å²) in [5, 5.41) is 0. The highest BCUT2D eigenvalue weighted by Gasteiger charge is 2.25. The summed E-state index contributed by atoms with van der Waals surface area (Å²) in [6, 6.07) is 5.49. The van der Waals surface area contributed by atoms with E-state index >= 15 is 0 Å². The molecule has 0 aromatic heterocycles. The molecule has 0 atom stereocenters. The zero-order valence-corrected chi connectivity index (χ0v) is 14.3. The van der Waals surface area contributed by atoms with Gasteiger partial charge in [-0.2, -0.15) is 0 Å². The van der Waals surface area contributed by atoms with Crippen molar-refractivity contribution in [3.05, 3.63) is 64.0 Å². The molecule has 1 nitrogen and oxygen atoms in total. The zero-order chi connectivity index (χ0) is 18.9. The second-order valence-electron chi connectivity index (χ2n) is 6.34. The molecule has 134 valence electrons. The first-order valence-electron chi connectivity index (χ1n) is 7.85. The topological polar surface area (TPSA) is 12.4 Å². The average molecular weight is 355 g/mol. The van der Waals surface area contributed by atoms with E-state index in [1.807, 2.05) is 45.9 Å². The third-order valence-corrected chi connectivity index (χ3v) is 3.91. The fraction of sp³-hybridized carbons (Fsp3) is 0.316. The number of rotatable bonds is 4. The summed E-state index contributed by atoms with van der Waals surface area (Å²) in [5.41, 5.74) is 1.08. The van der Waals surface area contributed by atoms with Crippen molar-refractivity contribution < 1.29 is 22.0 Å². The van der Waals surface area contributed by atoms with Crippen LogP contribution in [-0.2, 0) is 0 Å². The molecule has 0 unspecified atom stereocenters. The maximum absolute atomic E-state index is 13.8. The van der Waals surface area contributed by atoms with Gasteiger partial charge in [0.25, 0.3) is 0 Å². The molecule has 2 aromatic rings. The predicted molar refractivity (Wildman–Crippen MR) is 88.1 cm³/mol. The van der Waals surface area contributed by atoms with Crippen molar-refractivity contribution in [2.24, 2.45) is 4.99 Å². The average Bonchev–Trinajstić information content (AvgIpc) is 2.57. The maximum atomic E-state index is 13.8. The molecule has 0 saturated carbocycles. The standard InChI is InChI=1S/C19H18F5N/c1-9(2)11-6-5-7-12(10(3)4)19(11)25-8-13-14(20)16(22)18(24)17(23)15(13)21/h5-10H,1-4H3. The van der Waals surface area contributed by atoms with E-state index in [1.165, 1.54) is 0 Å². The van der Waals surface area contributed by atoms with Gasteiger partial charge in [0.05, 0.1) is 11.3 Å². The molecule has 0 amide bonds. The number of hydrogen-bond donors (Lipinski definition) is 0. The predicted octanol–water partition coefficient (Wildman–Crippen LogP) is 6.38. The minimum absolute atomic E-state index is 0.0715. The van der Waals surface area contributed by atoms with E-state index in [4.69, 9.17) is 0 Å². The van der Waals surface area contributed by atoms with Crippen molar-refractivity contribution in [3.8, 4) is 0 Å². The van der Waals surface area contributed by atoms with Crippen molar-refractivity contribution in [1.29, 1.82) is 0 Å². The Labute approximate surface area is 143 Å². The van der Waals surface area contributed by atoms with Gasteiger partial charge < -0.3 is 0 Å². The number of para-hydroxylation sites is 1. The smallest absolute Gasteiger partial charge is 0.200 e. The van der Waals surface area contributed by atoms with Crippen LogP contribution in [0.15, 0.2) is 23.2 Å². The molecular formula is C19H18F5N. The van der Waals surface area contributed by atoms with Gasteiger partial charge >= 0.3 is 0 Å². The van der Waals surface area contributed by atoms with Crippen molar-refractivity contribution in [2.45, 2.75) is 39.5 Å². The molecule has 0 aliphatic heterocycles. The first-order chi connectivity index (χ1) is 11.7. The first kappa shape index (κ1) is 19.1. The summed E-state index contributed by atoms with van der Waals surface area (Å²) in [7, 11) is 0. The van der Waals surface area contributed by atoms with E-state index in [0.717, 1.165) is 11.1 Å². The van der Waals surface area contributed by atoms with E-state index in [9.17, 15) is 22.0 Å². The van der Waals surface area contributed by atoms with Gasteiger partial charge in [0.1, 0.15) is 0 Å². The van der Waals surface area contributed by atoms with Crippen LogP contribution in [0.25, 0.3) is 0 Å². The van der Waals surface area contributed by atoms with Gasteiger partial charge in [0.2, 0.25) is 5.82 Å². The Hall–Kier alpha value is -2.24. The van der Waals surface area contributed by atoms with E-state index in [1.54, 1.807) is 0 Å². The Morgan fingerprint density at radius 3 is 1.52 bits per heavy atom. The fourth-order valence-electron chi connectivity index (χ4n) is 2.53. The molecule has 0 aliphatic carbocycles. The lowest BCUT2D eigenvalue weighted by Crippen LogP contribution is -2.06. The molecule has 0 aliphatic rings. The van der Waals surface area contributed by atoms with Crippen molar-refractivity contribution in [1.82, 2.24) is 0 Å². The molecule has 2 aromatic carbocycles. The SMILES string of the molecule is CC(C)c1cccc(C(C)C)c1N=Cc1c(F)c(F)c(F)c(F)c1F. The molecule has 0 fully saturated rings. The number of aliphatic imine (C=N–C) groups is 1. The highest BCUT2D eigenvalue weighted by molar-refractivity contribution is 5.83. The summed E-state index contributed by atoms with van der Waals surface area (Å²) in [6.45, 7) is 7.71. The summed E-state index contributed by atoms with van der Waals surface area (Å²) in [6.07, 6.45) is 0.698. The Kier molecular flexibility index (Phi) is 5.60. The van der Waals surface area contributed by atoms with Crippen LogP contribution in [0, 0.1) is 29.1 Å². The van der Waals surface area contributed by atoms with E-state index in [2.05, 4.69) is 4.99 Å². The van der Waals surface area contributed by atoms with E-state index < -0.39 is 34.6 Å². The van der Waals surface area contributed by atoms with Gasteiger partial charge in [-0.15, -0.1) is 0 Å². The first-order valence-corrected chi connectivity index (χ1v) is 7.85. The van der Waals surface area contributed by atoms with Gasteiger partial charge in [0, 0.05) is 6.21 Å². The van der Waals surface area contributed by atoms with Gasteiger partial charge in [-0.3, -0.25) is 4.99 Å². The van der Waals surface area contributed by atoms with E-state index in [-0.39, 0.29) is 11.8 Å². The molecule has 2 rings (SSSR count). The van der Waals surface area contributed by atoms with Crippen LogP contribution >= 0.6 is 0 Å². The molecule has 0 saturated heterocycles. The second kappa shape index (κ2) is 7.33. The maximum Gasteiger partial charge on any atom is 0.200 e. The normalized spacial score (nSPS) is 12.0. The number of halogens is 5. The highest BCUT2D eigenvalue weighted by atomic mass is 19.2. The Balaban J connectivity index is 2.65. The van der Waals surface area contributed by atoms with Crippen molar-refractivity contribution in [3.63, 3.8) is 0 Å². The third kappa shape index (κ3) is 3.57. The van der Waals surface area contributed by atoms with Crippen LogP contribution in [0.5, 0.6) is 0 Å². The largest absolute Gasteiger partial charge is 0.255 e. The summed E-state index contributed by atoms with van der Waals surface area (Å²) >= 11 is 0. The van der Waals surface area contributed by atoms with Gasteiger partial charge in [-0.25, -0.2) is 22.0 Å². The molecule has 0 spiro atoms. The van der Waals surface area contributed by atoms with Crippen LogP contribution in [0.2, 0.25) is 0 Å². The summed E-state index contributed by atoms with van der Waals surface area (Å²) < 4.78 is 67.4. The van der Waals surface area contributed by atoms with Crippen LogP contribution in [0.4, 0.5) is 27.6 Å². The Bertz CT molecular complexity index is 770.